The minimum absolute atomic E-state index is 0.586. The number of halogens is 1. The van der Waals surface area contributed by atoms with E-state index in [2.05, 4.69) is 33.8 Å². The number of anilines is 1. The molecule has 0 saturated carbocycles. The zero-order valence-electron chi connectivity index (χ0n) is 12.2. The Hall–Kier alpha value is -0.880. The van der Waals surface area contributed by atoms with Crippen molar-refractivity contribution in [2.24, 2.45) is 0 Å². The maximum absolute atomic E-state index is 6.27. The molecule has 0 spiro atoms. The van der Waals surface area contributed by atoms with E-state index >= 15 is 0 Å². The molecule has 0 unspecified atom stereocenters. The van der Waals surface area contributed by atoms with Gasteiger partial charge in [-0.1, -0.05) is 17.7 Å². The third-order valence-corrected chi connectivity index (χ3v) is 3.92. The van der Waals surface area contributed by atoms with Crippen molar-refractivity contribution in [3.63, 3.8) is 0 Å². The van der Waals surface area contributed by atoms with Gasteiger partial charge in [-0.3, -0.25) is 5.43 Å². The highest BCUT2D eigenvalue weighted by molar-refractivity contribution is 7.80. The lowest BCUT2D eigenvalue weighted by Crippen LogP contribution is -2.53. The molecule has 0 bridgehead atoms. The zero-order valence-corrected chi connectivity index (χ0v) is 13.7. The van der Waals surface area contributed by atoms with Gasteiger partial charge in [0.05, 0.1) is 10.7 Å². The molecule has 0 aliphatic carbocycles. The molecule has 4 nitrogen and oxygen atoms in total. The van der Waals surface area contributed by atoms with Gasteiger partial charge in [0.1, 0.15) is 0 Å². The highest BCUT2D eigenvalue weighted by atomic mass is 35.5. The average Bonchev–Trinajstić information content (AvgIpc) is 2.36. The van der Waals surface area contributed by atoms with Crippen molar-refractivity contribution in [1.82, 2.24) is 15.3 Å². The predicted octanol–water partition coefficient (Wildman–Crippen LogP) is 2.41. The molecule has 6 heteroatoms. The number of hydrogen-bond acceptors (Lipinski definition) is 3. The third kappa shape index (κ3) is 4.06. The Bertz CT molecular complexity index is 475. The molecule has 1 aromatic carbocycles. The summed E-state index contributed by atoms with van der Waals surface area (Å²) in [6, 6.07) is 4.03. The van der Waals surface area contributed by atoms with Crippen LogP contribution in [0.1, 0.15) is 11.1 Å². The quantitative estimate of drug-likeness (QED) is 0.819. The number of rotatable bonds is 2. The van der Waals surface area contributed by atoms with Gasteiger partial charge in [-0.25, -0.2) is 5.01 Å². The van der Waals surface area contributed by atoms with Gasteiger partial charge in [0.15, 0.2) is 5.11 Å². The minimum atomic E-state index is 0.586. The molecule has 1 aromatic rings. The number of thiocarbonyl (C=S) groups is 1. The molecule has 1 aliphatic heterocycles. The molecule has 0 aromatic heterocycles. The monoisotopic (exact) mass is 312 g/mol. The van der Waals surface area contributed by atoms with E-state index in [-0.39, 0.29) is 0 Å². The Morgan fingerprint density at radius 2 is 1.85 bits per heavy atom. The molecule has 1 heterocycles. The second-order valence-corrected chi connectivity index (χ2v) is 6.11. The predicted molar refractivity (Wildman–Crippen MR) is 89.4 cm³/mol. The normalized spacial score (nSPS) is 17.0. The van der Waals surface area contributed by atoms with Crippen LogP contribution in [0.4, 0.5) is 5.69 Å². The van der Waals surface area contributed by atoms with Gasteiger partial charge in [0, 0.05) is 26.2 Å². The van der Waals surface area contributed by atoms with Crippen molar-refractivity contribution in [2.75, 3.05) is 38.5 Å². The molecule has 0 radical (unpaired) electrons. The zero-order chi connectivity index (χ0) is 14.7. The minimum Gasteiger partial charge on any atom is -0.330 e. The summed E-state index contributed by atoms with van der Waals surface area (Å²) >= 11 is 11.6. The van der Waals surface area contributed by atoms with Gasteiger partial charge < -0.3 is 10.2 Å². The smallest absolute Gasteiger partial charge is 0.185 e. The molecule has 110 valence electrons. The van der Waals surface area contributed by atoms with Crippen LogP contribution in [0.5, 0.6) is 0 Å². The fourth-order valence-corrected chi connectivity index (χ4v) is 2.88. The first-order valence-electron chi connectivity index (χ1n) is 6.73. The Morgan fingerprint density at radius 1 is 1.20 bits per heavy atom. The Balaban J connectivity index is 1.95. The van der Waals surface area contributed by atoms with Gasteiger partial charge in [-0.2, -0.15) is 0 Å². The second kappa shape index (κ2) is 6.72. The molecule has 20 heavy (non-hydrogen) atoms. The van der Waals surface area contributed by atoms with Crippen molar-refractivity contribution in [3.8, 4) is 0 Å². The molecule has 1 saturated heterocycles. The number of benzene rings is 1. The van der Waals surface area contributed by atoms with Crippen LogP contribution in [0.25, 0.3) is 0 Å². The number of likely N-dealkylation sites (N-methyl/N-ethyl adjacent to an activating group) is 1. The third-order valence-electron chi connectivity index (χ3n) is 3.43. The molecular weight excluding hydrogens is 292 g/mol. The summed E-state index contributed by atoms with van der Waals surface area (Å²) in [7, 11) is 2.13. The largest absolute Gasteiger partial charge is 0.330 e. The average molecular weight is 313 g/mol. The number of nitrogens with one attached hydrogen (secondary N) is 2. The van der Waals surface area contributed by atoms with Crippen LogP contribution >= 0.6 is 23.8 Å². The van der Waals surface area contributed by atoms with E-state index in [0.29, 0.717) is 10.1 Å². The Morgan fingerprint density at radius 3 is 2.45 bits per heavy atom. The van der Waals surface area contributed by atoms with Crippen molar-refractivity contribution in [3.05, 3.63) is 28.3 Å². The van der Waals surface area contributed by atoms with E-state index in [0.717, 1.165) is 43.0 Å². The number of hydrazine groups is 1. The fraction of sp³-hybridized carbons (Fsp3) is 0.500. The molecule has 0 atom stereocenters. The molecule has 1 fully saturated rings. The van der Waals surface area contributed by atoms with Crippen molar-refractivity contribution < 1.29 is 0 Å². The number of piperazine rings is 1. The van der Waals surface area contributed by atoms with Gasteiger partial charge in [0.2, 0.25) is 0 Å². The number of nitrogens with zero attached hydrogens (tertiary/aromatic N) is 2. The highest BCUT2D eigenvalue weighted by Gasteiger charge is 2.15. The first-order chi connectivity index (χ1) is 9.45. The van der Waals surface area contributed by atoms with Gasteiger partial charge in [-0.05, 0) is 50.3 Å². The number of aryl methyl sites for hydroxylation is 2. The molecule has 2 rings (SSSR count). The molecule has 0 amide bonds. The standard InChI is InChI=1S/C14H21ClN4S/c1-10-8-11(2)13(12(15)9-10)16-14(20)17-19-6-4-18(3)5-7-19/h8-9H,4-7H2,1-3H3,(H2,16,17,20). The van der Waals surface area contributed by atoms with Crippen LogP contribution in [-0.4, -0.2) is 48.2 Å². The van der Waals surface area contributed by atoms with E-state index in [4.69, 9.17) is 23.8 Å². The van der Waals surface area contributed by atoms with E-state index in [9.17, 15) is 0 Å². The lowest BCUT2D eigenvalue weighted by Gasteiger charge is -2.33. The van der Waals surface area contributed by atoms with Crippen LogP contribution in [0.2, 0.25) is 5.02 Å². The van der Waals surface area contributed by atoms with Crippen molar-refractivity contribution in [2.45, 2.75) is 13.8 Å². The molecule has 1 aliphatic rings. The van der Waals surface area contributed by atoms with Crippen LogP contribution < -0.4 is 10.7 Å². The fourth-order valence-electron chi connectivity index (χ4n) is 2.28. The topological polar surface area (TPSA) is 30.5 Å². The van der Waals surface area contributed by atoms with Crippen LogP contribution in [0, 0.1) is 13.8 Å². The summed E-state index contributed by atoms with van der Waals surface area (Å²) in [6.07, 6.45) is 0. The molecule has 2 N–H and O–H groups in total. The Labute approximate surface area is 131 Å². The maximum Gasteiger partial charge on any atom is 0.185 e. The first-order valence-corrected chi connectivity index (χ1v) is 7.52. The van der Waals surface area contributed by atoms with Gasteiger partial charge >= 0.3 is 0 Å². The highest BCUT2D eigenvalue weighted by Crippen LogP contribution is 2.27. The summed E-state index contributed by atoms with van der Waals surface area (Å²) in [5.41, 5.74) is 6.35. The molecular formula is C14H21ClN4S. The Kier molecular flexibility index (Phi) is 5.21. The van der Waals surface area contributed by atoms with Crippen molar-refractivity contribution in [1.29, 1.82) is 0 Å². The lowest BCUT2D eigenvalue weighted by molar-refractivity contribution is 0.131. The van der Waals surface area contributed by atoms with Crippen molar-refractivity contribution >= 4 is 34.6 Å². The summed E-state index contributed by atoms with van der Waals surface area (Å²) in [5.74, 6) is 0. The van der Waals surface area contributed by atoms with Crippen LogP contribution in [0.3, 0.4) is 0 Å². The summed E-state index contributed by atoms with van der Waals surface area (Å²) in [6.45, 7) is 8.06. The summed E-state index contributed by atoms with van der Waals surface area (Å²) < 4.78 is 0. The summed E-state index contributed by atoms with van der Waals surface area (Å²) in [5, 5.41) is 6.61. The lowest BCUT2D eigenvalue weighted by atomic mass is 10.1. The maximum atomic E-state index is 6.27. The van der Waals surface area contributed by atoms with E-state index < -0.39 is 0 Å². The number of hydrogen-bond donors (Lipinski definition) is 2. The van der Waals surface area contributed by atoms with Gasteiger partial charge in [-0.15, -0.1) is 0 Å². The van der Waals surface area contributed by atoms with Gasteiger partial charge in [0.25, 0.3) is 0 Å². The van der Waals surface area contributed by atoms with E-state index in [1.54, 1.807) is 0 Å². The second-order valence-electron chi connectivity index (χ2n) is 5.29. The van der Waals surface area contributed by atoms with Crippen LogP contribution in [-0.2, 0) is 0 Å². The summed E-state index contributed by atoms with van der Waals surface area (Å²) in [4.78, 5) is 2.30. The van der Waals surface area contributed by atoms with Crippen LogP contribution in [0.15, 0.2) is 12.1 Å². The van der Waals surface area contributed by atoms with E-state index in [1.165, 1.54) is 0 Å². The first kappa shape index (κ1) is 15.5. The van der Waals surface area contributed by atoms with E-state index in [1.807, 2.05) is 19.9 Å². The SMILES string of the molecule is Cc1cc(C)c(NC(=S)NN2CCN(C)CC2)c(Cl)c1.